The average Bonchev–Trinajstić information content (AvgIpc) is 2.62. The second kappa shape index (κ2) is 30.4. The number of rotatable bonds is 16. The Balaban J connectivity index is -0.000000174. The minimum absolute atomic E-state index is 0. The Kier molecular flexibility index (Phi) is 37.0. The number of carbonyl (C=O) groups excluding carboxylic acids is 3. The van der Waals surface area contributed by atoms with Crippen molar-refractivity contribution in [3.05, 3.63) is 13.8 Å². The van der Waals surface area contributed by atoms with Crippen molar-refractivity contribution < 1.29 is 24.6 Å². The number of carboxylic acid groups (broad SMARTS) is 2. The molecular weight excluding hydrogens is 491 g/mol. The first-order chi connectivity index (χ1) is 13.7. The van der Waals surface area contributed by atoms with Crippen molar-refractivity contribution in [3.8, 4) is 0 Å². The van der Waals surface area contributed by atoms with Gasteiger partial charge in [-0.2, -0.15) is 12.8 Å². The van der Waals surface area contributed by atoms with Crippen LogP contribution in [-0.4, -0.2) is 66.3 Å². The smallest absolute Gasteiger partial charge is 0.549 e. The van der Waals surface area contributed by atoms with E-state index >= 15 is 0 Å². The Morgan fingerprint density at radius 3 is 1.27 bits per heavy atom. The van der Waals surface area contributed by atoms with Crippen LogP contribution in [-0.2, 0) is 14.4 Å². The van der Waals surface area contributed by atoms with E-state index in [0.29, 0.717) is 0 Å². The molecule has 0 bridgehead atoms. The van der Waals surface area contributed by atoms with E-state index in [-0.39, 0.29) is 23.9 Å². The second-order valence-electron chi connectivity index (χ2n) is 6.89. The normalized spacial score (nSPS) is 9.50. The molecule has 0 spiro atoms. The standard InChI is InChI=1S/2C8H17.C6H10N2O5.Sn/c2*1-3-5-7-8-6-4-2;7-4(9)1-8(2-5(10)11)3-6(12)13;/h2*1,3-8H2,2H3;1-3H2,(H2,7,9)(H,10,11)(H,12,13);/q2*-1;;+4/p-2. The van der Waals surface area contributed by atoms with Gasteiger partial charge < -0.3 is 39.4 Å². The van der Waals surface area contributed by atoms with Crippen molar-refractivity contribution in [3.63, 3.8) is 0 Å². The summed E-state index contributed by atoms with van der Waals surface area (Å²) in [4.78, 5) is 31.2. The molecule has 2 N–H and O–H groups in total. The Morgan fingerprint density at radius 2 is 1.03 bits per heavy atom. The predicted octanol–water partition coefficient (Wildman–Crippen LogP) is 1.25. The van der Waals surface area contributed by atoms with E-state index in [0.717, 1.165) is 17.7 Å². The van der Waals surface area contributed by atoms with Crippen LogP contribution in [0.3, 0.4) is 0 Å². The maximum absolute atomic E-state index is 10.3. The molecule has 0 aromatic heterocycles. The van der Waals surface area contributed by atoms with Crippen molar-refractivity contribution in [2.24, 2.45) is 5.73 Å². The van der Waals surface area contributed by atoms with E-state index < -0.39 is 37.5 Å². The van der Waals surface area contributed by atoms with Crippen LogP contribution in [0.15, 0.2) is 0 Å². The zero-order valence-corrected chi connectivity index (χ0v) is 21.9. The average molecular weight is 533 g/mol. The summed E-state index contributed by atoms with van der Waals surface area (Å²) in [6.07, 6.45) is 16.0. The van der Waals surface area contributed by atoms with Gasteiger partial charge in [0.15, 0.2) is 0 Å². The Hall–Kier alpha value is -0.831. The summed E-state index contributed by atoms with van der Waals surface area (Å²) in [7, 11) is 0. The Bertz CT molecular complexity index is 334. The topological polar surface area (TPSA) is 127 Å². The fraction of sp³-hybridized carbons (Fsp3) is 0.773. The summed E-state index contributed by atoms with van der Waals surface area (Å²) in [6, 6.07) is 0. The fourth-order valence-electron chi connectivity index (χ4n) is 2.31. The summed E-state index contributed by atoms with van der Waals surface area (Å²) < 4.78 is 0. The maximum atomic E-state index is 10.3. The summed E-state index contributed by atoms with van der Waals surface area (Å²) in [5.74, 6) is -3.78. The number of hydrogen-bond donors (Lipinski definition) is 1. The van der Waals surface area contributed by atoms with E-state index in [2.05, 4.69) is 27.7 Å². The largest absolute Gasteiger partial charge is 4.00 e. The van der Waals surface area contributed by atoms with Crippen molar-refractivity contribution in [1.29, 1.82) is 0 Å². The van der Waals surface area contributed by atoms with Gasteiger partial charge >= 0.3 is 23.9 Å². The third-order valence-electron chi connectivity index (χ3n) is 3.79. The molecule has 0 rings (SSSR count). The van der Waals surface area contributed by atoms with Gasteiger partial charge in [-0.25, -0.2) is 0 Å². The van der Waals surface area contributed by atoms with Crippen LogP contribution < -0.4 is 15.9 Å². The van der Waals surface area contributed by atoms with Crippen LogP contribution in [0.5, 0.6) is 0 Å². The molecule has 0 unspecified atom stereocenters. The van der Waals surface area contributed by atoms with Crippen LogP contribution in [0.25, 0.3) is 0 Å². The molecule has 0 aliphatic rings. The summed E-state index contributed by atoms with van der Waals surface area (Å²) in [6.45, 7) is 10.3. The molecule has 0 saturated carbocycles. The van der Waals surface area contributed by atoms with Gasteiger partial charge in [0.1, 0.15) is 0 Å². The molecule has 0 aromatic carbocycles. The molecule has 0 heterocycles. The number of unbranched alkanes of at least 4 members (excludes halogenated alkanes) is 10. The first kappa shape index (κ1) is 36.5. The maximum Gasteiger partial charge on any atom is 4.00 e. The quantitative estimate of drug-likeness (QED) is 0.181. The van der Waals surface area contributed by atoms with Gasteiger partial charge in [-0.15, -0.1) is 0 Å². The van der Waals surface area contributed by atoms with Gasteiger partial charge in [0.25, 0.3) is 0 Å². The SMILES string of the molecule is NC(=O)CN(CC(=O)[O-])CC(=O)[O-].[CH2-]CCCCCCC.[CH2-]CCCCCCC.[Sn+4]. The molecule has 1 amide bonds. The third kappa shape index (κ3) is 41.5. The Morgan fingerprint density at radius 1 is 0.700 bits per heavy atom. The van der Waals surface area contributed by atoms with Gasteiger partial charge in [0, 0.05) is 13.1 Å². The van der Waals surface area contributed by atoms with Crippen molar-refractivity contribution >= 4 is 41.8 Å². The first-order valence-electron chi connectivity index (χ1n) is 10.7. The molecule has 0 fully saturated rings. The summed E-state index contributed by atoms with van der Waals surface area (Å²) >= 11 is 0. The first-order valence-corrected chi connectivity index (χ1v) is 10.7. The van der Waals surface area contributed by atoms with Crippen molar-refractivity contribution in [1.82, 2.24) is 4.90 Å². The minimum Gasteiger partial charge on any atom is -0.549 e. The van der Waals surface area contributed by atoms with Crippen molar-refractivity contribution in [2.75, 3.05) is 19.6 Å². The van der Waals surface area contributed by atoms with Crippen LogP contribution in [0.2, 0.25) is 0 Å². The van der Waals surface area contributed by atoms with Crippen LogP contribution in [0, 0.1) is 13.8 Å². The third-order valence-corrected chi connectivity index (χ3v) is 3.79. The van der Waals surface area contributed by atoms with Gasteiger partial charge in [0.2, 0.25) is 5.91 Å². The number of primary amides is 1. The van der Waals surface area contributed by atoms with Crippen LogP contribution in [0.4, 0.5) is 0 Å². The molecule has 0 aromatic rings. The number of nitrogens with zero attached hydrogens (tertiary/aromatic N) is 1. The number of carboxylic acids is 2. The zero-order valence-electron chi connectivity index (χ0n) is 19.1. The van der Waals surface area contributed by atoms with E-state index in [1.165, 1.54) is 64.2 Å². The van der Waals surface area contributed by atoms with Gasteiger partial charge in [-0.1, -0.05) is 78.1 Å². The molecule has 174 valence electrons. The molecular formula is C22H42N2O5Sn. The summed E-state index contributed by atoms with van der Waals surface area (Å²) in [5.41, 5.74) is 4.74. The molecule has 0 aliphatic carbocycles. The van der Waals surface area contributed by atoms with Crippen molar-refractivity contribution in [2.45, 2.75) is 90.9 Å². The molecule has 0 radical (unpaired) electrons. The van der Waals surface area contributed by atoms with Crippen LogP contribution >= 0.6 is 0 Å². The molecule has 0 aliphatic heterocycles. The zero-order chi connectivity index (χ0) is 22.9. The molecule has 30 heavy (non-hydrogen) atoms. The van der Waals surface area contributed by atoms with Gasteiger partial charge in [0.05, 0.1) is 18.5 Å². The number of amides is 1. The molecule has 8 heteroatoms. The number of hydrogen-bond acceptors (Lipinski definition) is 6. The van der Waals surface area contributed by atoms with Crippen LogP contribution in [0.1, 0.15) is 90.9 Å². The molecule has 0 saturated heterocycles. The number of aliphatic carboxylic acids is 2. The summed E-state index contributed by atoms with van der Waals surface area (Å²) in [5, 5.41) is 20.1. The fourth-order valence-corrected chi connectivity index (χ4v) is 2.31. The molecule has 0 atom stereocenters. The number of nitrogens with two attached hydrogens (primary N) is 1. The number of carbonyl (C=O) groups is 3. The second-order valence-corrected chi connectivity index (χ2v) is 6.89. The van der Waals surface area contributed by atoms with E-state index in [1.807, 2.05) is 0 Å². The van der Waals surface area contributed by atoms with E-state index in [1.54, 1.807) is 0 Å². The van der Waals surface area contributed by atoms with Gasteiger partial charge in [-0.05, 0) is 0 Å². The molecule has 7 nitrogen and oxygen atoms in total. The van der Waals surface area contributed by atoms with E-state index in [9.17, 15) is 24.6 Å². The Labute approximate surface area is 201 Å². The van der Waals surface area contributed by atoms with E-state index in [4.69, 9.17) is 5.73 Å². The minimum atomic E-state index is -1.48. The predicted molar refractivity (Wildman–Crippen MR) is 119 cm³/mol. The monoisotopic (exact) mass is 534 g/mol. The van der Waals surface area contributed by atoms with Gasteiger partial charge in [-0.3, -0.25) is 9.69 Å².